The molecule has 0 spiro atoms. The monoisotopic (exact) mass is 623 g/mol. The van der Waals surface area contributed by atoms with Crippen LogP contribution >= 0.6 is 0 Å². The zero-order valence-corrected chi connectivity index (χ0v) is 24.8. The molecule has 0 saturated heterocycles. The number of carbonyl (C=O) groups is 2. The fourth-order valence-electron chi connectivity index (χ4n) is 4.60. The molecule has 4 aromatic heterocycles. The van der Waals surface area contributed by atoms with Gasteiger partial charge in [-0.1, -0.05) is 35.0 Å². The number of aromatic nitrogens is 4. The number of hydrogen-bond donors (Lipinski definition) is 3. The maximum absolute atomic E-state index is 13.5. The standard InChI is InChI=1S/C30H28F3N7O5/c1-15-6-8-16(9-7-15)22-21(25(42)34-4)19-11-18(23(38-27(19)45-22)36-13-30(31,32)33)17-10-20(26(43-5)35-12-17)24(41)39-29(2,3)28-37-14-44-40-28/h6-12,14H,13H2,1-5H3,(H,34,42)(H,36,38)(H,39,41). The topological polar surface area (TPSA) is 157 Å². The predicted molar refractivity (Wildman–Crippen MR) is 157 cm³/mol. The number of furan rings is 1. The molecule has 5 rings (SSSR count). The summed E-state index contributed by atoms with van der Waals surface area (Å²) >= 11 is 0. The largest absolute Gasteiger partial charge is 0.480 e. The number of methoxy groups -OCH3 is 1. The van der Waals surface area contributed by atoms with Crippen LogP contribution in [-0.4, -0.2) is 58.8 Å². The Hall–Kier alpha value is -5.47. The molecule has 234 valence electrons. The minimum Gasteiger partial charge on any atom is -0.480 e. The average Bonchev–Trinajstić information content (AvgIpc) is 3.68. The fraction of sp³-hybridized carbons (Fsp3) is 0.267. The van der Waals surface area contributed by atoms with Crippen LogP contribution in [0.5, 0.6) is 5.88 Å². The van der Waals surface area contributed by atoms with E-state index in [1.807, 2.05) is 19.1 Å². The Morgan fingerprint density at radius 3 is 2.38 bits per heavy atom. The average molecular weight is 624 g/mol. The van der Waals surface area contributed by atoms with Crippen molar-refractivity contribution in [2.75, 3.05) is 26.0 Å². The lowest BCUT2D eigenvalue weighted by Crippen LogP contribution is -2.42. The van der Waals surface area contributed by atoms with Crippen molar-refractivity contribution in [2.24, 2.45) is 0 Å². The smallest absolute Gasteiger partial charge is 0.405 e. The maximum Gasteiger partial charge on any atom is 0.405 e. The number of nitrogens with one attached hydrogen (secondary N) is 3. The van der Waals surface area contributed by atoms with Gasteiger partial charge >= 0.3 is 6.18 Å². The van der Waals surface area contributed by atoms with E-state index >= 15 is 0 Å². The van der Waals surface area contributed by atoms with Crippen LogP contribution < -0.4 is 20.7 Å². The van der Waals surface area contributed by atoms with E-state index in [4.69, 9.17) is 13.7 Å². The minimum atomic E-state index is -4.58. The van der Waals surface area contributed by atoms with E-state index in [0.29, 0.717) is 5.56 Å². The summed E-state index contributed by atoms with van der Waals surface area (Å²) in [6.07, 6.45) is -2.14. The summed E-state index contributed by atoms with van der Waals surface area (Å²) in [7, 11) is 2.77. The molecule has 0 aliphatic carbocycles. The number of aryl methyl sites for hydroxylation is 1. The molecule has 45 heavy (non-hydrogen) atoms. The first-order valence-electron chi connectivity index (χ1n) is 13.5. The molecule has 1 aromatic carbocycles. The van der Waals surface area contributed by atoms with E-state index in [2.05, 4.69) is 36.1 Å². The third-order valence-electron chi connectivity index (χ3n) is 6.85. The molecular formula is C30H28F3N7O5. The fourth-order valence-corrected chi connectivity index (χ4v) is 4.60. The highest BCUT2D eigenvalue weighted by molar-refractivity contribution is 6.11. The molecule has 0 bridgehead atoms. The van der Waals surface area contributed by atoms with Crippen molar-refractivity contribution in [2.45, 2.75) is 32.5 Å². The summed E-state index contributed by atoms with van der Waals surface area (Å²) in [4.78, 5) is 39.2. The number of halogens is 3. The molecule has 5 aromatic rings. The van der Waals surface area contributed by atoms with Gasteiger partial charge in [-0.3, -0.25) is 9.59 Å². The number of hydrogen-bond acceptors (Lipinski definition) is 10. The van der Waals surface area contributed by atoms with Crippen LogP contribution in [0.1, 0.15) is 46.0 Å². The number of anilines is 1. The maximum atomic E-state index is 13.5. The van der Waals surface area contributed by atoms with Gasteiger partial charge in [0.2, 0.25) is 18.0 Å². The van der Waals surface area contributed by atoms with Gasteiger partial charge in [0.1, 0.15) is 23.7 Å². The van der Waals surface area contributed by atoms with E-state index in [1.54, 1.807) is 26.0 Å². The highest BCUT2D eigenvalue weighted by Crippen LogP contribution is 2.39. The highest BCUT2D eigenvalue weighted by Gasteiger charge is 2.31. The van der Waals surface area contributed by atoms with Gasteiger partial charge in [-0.15, -0.1) is 0 Å². The van der Waals surface area contributed by atoms with E-state index in [9.17, 15) is 22.8 Å². The van der Waals surface area contributed by atoms with Gasteiger partial charge in [0, 0.05) is 29.9 Å². The number of amides is 2. The van der Waals surface area contributed by atoms with Crippen molar-refractivity contribution in [1.29, 1.82) is 0 Å². The van der Waals surface area contributed by atoms with Gasteiger partial charge in [0.05, 0.1) is 23.6 Å². The van der Waals surface area contributed by atoms with Gasteiger partial charge in [-0.2, -0.15) is 23.1 Å². The first-order valence-corrected chi connectivity index (χ1v) is 13.5. The predicted octanol–water partition coefficient (Wildman–Crippen LogP) is 5.26. The Bertz CT molecular complexity index is 1870. The second-order valence-corrected chi connectivity index (χ2v) is 10.6. The van der Waals surface area contributed by atoms with Crippen LogP contribution in [0, 0.1) is 6.92 Å². The molecule has 0 saturated carbocycles. The molecule has 0 aliphatic rings. The lowest BCUT2D eigenvalue weighted by Gasteiger charge is -2.23. The number of rotatable bonds is 9. The van der Waals surface area contributed by atoms with Crippen molar-refractivity contribution >= 4 is 28.7 Å². The lowest BCUT2D eigenvalue weighted by atomic mass is 10.00. The zero-order chi connectivity index (χ0) is 32.5. The van der Waals surface area contributed by atoms with Crippen LogP contribution in [-0.2, 0) is 5.54 Å². The molecule has 2 amide bonds. The SMILES string of the molecule is CNC(=O)c1c(-c2ccc(C)cc2)oc2nc(NCC(F)(F)F)c(-c3cnc(OC)c(C(=O)NC(C)(C)c4ncon4)c3)cc12. The summed E-state index contributed by atoms with van der Waals surface area (Å²) in [5.41, 5.74) is 0.824. The molecule has 4 heterocycles. The molecule has 0 aliphatic heterocycles. The number of ether oxygens (including phenoxy) is 1. The van der Waals surface area contributed by atoms with Crippen molar-refractivity contribution in [3.63, 3.8) is 0 Å². The summed E-state index contributed by atoms with van der Waals surface area (Å²) in [5.74, 6) is -0.991. The van der Waals surface area contributed by atoms with Crippen LogP contribution in [0.2, 0.25) is 0 Å². The molecule has 12 nitrogen and oxygen atoms in total. The third kappa shape index (κ3) is 6.41. The Morgan fingerprint density at radius 2 is 1.76 bits per heavy atom. The second kappa shape index (κ2) is 11.9. The molecule has 3 N–H and O–H groups in total. The highest BCUT2D eigenvalue weighted by atomic mass is 19.4. The quantitative estimate of drug-likeness (QED) is 0.198. The number of benzene rings is 1. The third-order valence-corrected chi connectivity index (χ3v) is 6.85. The second-order valence-electron chi connectivity index (χ2n) is 10.6. The van der Waals surface area contributed by atoms with Gasteiger partial charge in [0.15, 0.2) is 5.82 Å². The van der Waals surface area contributed by atoms with Gasteiger partial charge < -0.3 is 29.6 Å². The molecular weight excluding hydrogens is 595 g/mol. The molecule has 0 atom stereocenters. The molecule has 15 heteroatoms. The number of fused-ring (bicyclic) bond motifs is 1. The van der Waals surface area contributed by atoms with Gasteiger partial charge in [-0.25, -0.2) is 4.98 Å². The number of carbonyl (C=O) groups excluding carboxylic acids is 2. The number of nitrogens with zero attached hydrogens (tertiary/aromatic N) is 4. The van der Waals surface area contributed by atoms with Crippen LogP contribution in [0.25, 0.3) is 33.6 Å². The van der Waals surface area contributed by atoms with Gasteiger partial charge in [0.25, 0.3) is 11.8 Å². The van der Waals surface area contributed by atoms with Crippen molar-refractivity contribution in [1.82, 2.24) is 30.7 Å². The van der Waals surface area contributed by atoms with Crippen LogP contribution in [0.15, 0.2) is 57.9 Å². The Balaban J connectivity index is 1.68. The first-order chi connectivity index (χ1) is 21.3. The van der Waals surface area contributed by atoms with E-state index in [-0.39, 0.29) is 56.6 Å². The summed E-state index contributed by atoms with van der Waals surface area (Å²) in [6.45, 7) is 3.79. The number of pyridine rings is 2. The normalized spacial score (nSPS) is 11.8. The zero-order valence-electron chi connectivity index (χ0n) is 24.8. The minimum absolute atomic E-state index is 0.0347. The summed E-state index contributed by atoms with van der Waals surface area (Å²) in [6, 6.07) is 10.1. The molecule has 0 fully saturated rings. The summed E-state index contributed by atoms with van der Waals surface area (Å²) in [5, 5.41) is 11.7. The Morgan fingerprint density at radius 1 is 1.02 bits per heavy atom. The lowest BCUT2D eigenvalue weighted by molar-refractivity contribution is -0.115. The van der Waals surface area contributed by atoms with Gasteiger partial charge in [-0.05, 0) is 32.9 Å². The molecule has 0 radical (unpaired) electrons. The van der Waals surface area contributed by atoms with Crippen molar-refractivity contribution in [3.05, 3.63) is 71.5 Å². The first kappa shape index (κ1) is 31.0. The Labute approximate surface area is 254 Å². The van der Waals surface area contributed by atoms with Crippen molar-refractivity contribution < 1.29 is 36.4 Å². The Kier molecular flexibility index (Phi) is 8.19. The van der Waals surface area contributed by atoms with Crippen LogP contribution in [0.3, 0.4) is 0 Å². The molecule has 0 unspecified atom stereocenters. The van der Waals surface area contributed by atoms with E-state index in [0.717, 1.165) is 12.0 Å². The summed E-state index contributed by atoms with van der Waals surface area (Å²) < 4.78 is 56.1. The van der Waals surface area contributed by atoms with E-state index < -0.39 is 30.1 Å². The number of alkyl halides is 3. The van der Waals surface area contributed by atoms with Crippen molar-refractivity contribution in [3.8, 4) is 28.3 Å². The van der Waals surface area contributed by atoms with Crippen LogP contribution in [0.4, 0.5) is 19.0 Å². The van der Waals surface area contributed by atoms with E-state index in [1.165, 1.54) is 32.5 Å².